The monoisotopic (exact) mass is 361 g/mol. The number of thioether (sulfide) groups is 1. The van der Waals surface area contributed by atoms with E-state index >= 15 is 0 Å². The molecule has 0 radical (unpaired) electrons. The van der Waals surface area contributed by atoms with Gasteiger partial charge in [-0.1, -0.05) is 49.4 Å². The Balaban J connectivity index is 1.80. The number of anilines is 1. The molecule has 3 aromatic rings. The second-order valence-corrected chi connectivity index (χ2v) is 7.68. The number of benzene rings is 2. The lowest BCUT2D eigenvalue weighted by atomic mass is 10.1. The lowest BCUT2D eigenvalue weighted by Gasteiger charge is -2.17. The van der Waals surface area contributed by atoms with Gasteiger partial charge in [0, 0.05) is 41.5 Å². The Hall–Kier alpha value is -2.26. The van der Waals surface area contributed by atoms with Crippen LogP contribution in [0.2, 0.25) is 0 Å². The maximum atomic E-state index is 2.48. The predicted octanol–water partition coefficient (Wildman–Crippen LogP) is 5.86. The molecule has 2 aromatic carbocycles. The van der Waals surface area contributed by atoms with Crippen LogP contribution in [-0.2, 0) is 6.54 Å². The van der Waals surface area contributed by atoms with Crippen molar-refractivity contribution in [2.75, 3.05) is 11.4 Å². The number of fused-ring (bicyclic) bond motifs is 2. The molecular weight excluding hydrogens is 336 g/mol. The summed E-state index contributed by atoms with van der Waals surface area (Å²) in [6.45, 7) is 6.52. The highest BCUT2D eigenvalue weighted by Gasteiger charge is 2.25. The fourth-order valence-electron chi connectivity index (χ4n) is 3.58. The summed E-state index contributed by atoms with van der Waals surface area (Å²) in [6.07, 6.45) is 4.75. The van der Waals surface area contributed by atoms with Gasteiger partial charge in [0.1, 0.15) is 6.54 Å². The lowest BCUT2D eigenvalue weighted by Crippen LogP contribution is -2.38. The Morgan fingerprint density at radius 1 is 0.962 bits per heavy atom. The van der Waals surface area contributed by atoms with Gasteiger partial charge in [-0.05, 0) is 31.2 Å². The largest absolute Gasteiger partial charge is 0.335 e. The van der Waals surface area contributed by atoms with Gasteiger partial charge in [-0.3, -0.25) is 0 Å². The molecule has 1 aromatic heterocycles. The number of nitrogens with zero attached hydrogens (tertiary/aromatic N) is 2. The standard InChI is InChI=1S/C23H25N2S/c1-3-5-16-25-19(15-14-18-10-6-7-11-20(18)25)17-23-24(4-2)21-12-8-9-13-22(21)26-23/h6-15,17H,3-5,16H2,1-2H3/q+1. The third-order valence-electron chi connectivity index (χ3n) is 4.93. The first-order chi connectivity index (χ1) is 12.8. The average Bonchev–Trinajstić information content (AvgIpc) is 3.04. The molecule has 26 heavy (non-hydrogen) atoms. The first-order valence-electron chi connectivity index (χ1n) is 9.49. The average molecular weight is 362 g/mol. The Kier molecular flexibility index (Phi) is 4.98. The third kappa shape index (κ3) is 3.12. The van der Waals surface area contributed by atoms with Gasteiger partial charge in [-0.2, -0.15) is 4.57 Å². The summed E-state index contributed by atoms with van der Waals surface area (Å²) in [7, 11) is 0. The molecule has 0 atom stereocenters. The van der Waals surface area contributed by atoms with Gasteiger partial charge >= 0.3 is 0 Å². The van der Waals surface area contributed by atoms with Crippen molar-refractivity contribution < 1.29 is 4.57 Å². The summed E-state index contributed by atoms with van der Waals surface area (Å²) in [5.41, 5.74) is 3.93. The number of aryl methyl sites for hydroxylation is 1. The smallest absolute Gasteiger partial charge is 0.212 e. The Morgan fingerprint density at radius 3 is 2.62 bits per heavy atom. The third-order valence-corrected chi connectivity index (χ3v) is 6.04. The van der Waals surface area contributed by atoms with Crippen LogP contribution in [-0.4, -0.2) is 6.54 Å². The van der Waals surface area contributed by atoms with Gasteiger partial charge in [0.15, 0.2) is 0 Å². The van der Waals surface area contributed by atoms with E-state index in [2.05, 4.69) is 90.1 Å². The normalized spacial score (nSPS) is 15.0. The topological polar surface area (TPSA) is 7.12 Å². The van der Waals surface area contributed by atoms with E-state index < -0.39 is 0 Å². The molecule has 0 aliphatic carbocycles. The van der Waals surface area contributed by atoms with Crippen molar-refractivity contribution in [3.05, 3.63) is 71.4 Å². The predicted molar refractivity (Wildman–Crippen MR) is 112 cm³/mol. The van der Waals surface area contributed by atoms with Crippen LogP contribution >= 0.6 is 11.8 Å². The zero-order valence-electron chi connectivity index (χ0n) is 15.5. The van der Waals surface area contributed by atoms with Crippen LogP contribution in [0.1, 0.15) is 32.4 Å². The maximum absolute atomic E-state index is 2.48. The second kappa shape index (κ2) is 7.55. The van der Waals surface area contributed by atoms with E-state index in [1.54, 1.807) is 0 Å². The quantitative estimate of drug-likeness (QED) is 0.526. The zero-order valence-corrected chi connectivity index (χ0v) is 16.3. The van der Waals surface area contributed by atoms with E-state index in [0.717, 1.165) is 13.1 Å². The minimum Gasteiger partial charge on any atom is -0.335 e. The van der Waals surface area contributed by atoms with Gasteiger partial charge in [0.2, 0.25) is 11.2 Å². The number of hydrogen-bond acceptors (Lipinski definition) is 2. The van der Waals surface area contributed by atoms with Crippen molar-refractivity contribution in [2.45, 2.75) is 38.1 Å². The minimum absolute atomic E-state index is 0.985. The summed E-state index contributed by atoms with van der Waals surface area (Å²) in [5.74, 6) is 0. The summed E-state index contributed by atoms with van der Waals surface area (Å²) in [5, 5.41) is 2.62. The van der Waals surface area contributed by atoms with Crippen molar-refractivity contribution >= 4 is 34.4 Å². The van der Waals surface area contributed by atoms with E-state index in [-0.39, 0.29) is 0 Å². The van der Waals surface area contributed by atoms with E-state index in [0.29, 0.717) is 0 Å². The van der Waals surface area contributed by atoms with E-state index in [9.17, 15) is 0 Å². The molecule has 3 heteroatoms. The second-order valence-electron chi connectivity index (χ2n) is 6.62. The van der Waals surface area contributed by atoms with Crippen LogP contribution in [0.15, 0.2) is 70.6 Å². The minimum atomic E-state index is 0.985. The van der Waals surface area contributed by atoms with Crippen LogP contribution in [0.3, 0.4) is 0 Å². The molecule has 4 rings (SSSR count). The number of aromatic nitrogens is 1. The van der Waals surface area contributed by atoms with Crippen molar-refractivity contribution in [2.24, 2.45) is 0 Å². The molecule has 0 fully saturated rings. The van der Waals surface area contributed by atoms with Crippen molar-refractivity contribution in [3.63, 3.8) is 0 Å². The number of hydrogen-bond donors (Lipinski definition) is 0. The van der Waals surface area contributed by atoms with Crippen LogP contribution in [0, 0.1) is 0 Å². The highest BCUT2D eigenvalue weighted by molar-refractivity contribution is 8.03. The molecule has 0 bridgehead atoms. The van der Waals surface area contributed by atoms with Gasteiger partial charge in [-0.15, -0.1) is 0 Å². The first-order valence-corrected chi connectivity index (χ1v) is 10.3. The molecular formula is C23H25N2S+. The number of para-hydroxylation sites is 2. The number of pyridine rings is 1. The summed E-state index contributed by atoms with van der Waals surface area (Å²) >= 11 is 1.88. The molecule has 2 heterocycles. The van der Waals surface area contributed by atoms with Gasteiger partial charge in [-0.25, -0.2) is 0 Å². The molecule has 2 nitrogen and oxygen atoms in total. The molecule has 1 aliphatic heterocycles. The van der Waals surface area contributed by atoms with Gasteiger partial charge < -0.3 is 4.90 Å². The number of unbranched alkanes of at least 4 members (excludes halogenated alkanes) is 1. The van der Waals surface area contributed by atoms with Crippen LogP contribution in [0.4, 0.5) is 5.69 Å². The molecule has 0 N–H and O–H groups in total. The summed E-state index contributed by atoms with van der Waals surface area (Å²) < 4.78 is 2.48. The lowest BCUT2D eigenvalue weighted by molar-refractivity contribution is -0.673. The molecule has 0 spiro atoms. The highest BCUT2D eigenvalue weighted by Crippen LogP contribution is 2.46. The Labute approximate surface area is 160 Å². The van der Waals surface area contributed by atoms with Crippen LogP contribution < -0.4 is 9.47 Å². The van der Waals surface area contributed by atoms with E-state index in [1.807, 2.05) is 11.8 Å². The van der Waals surface area contributed by atoms with Crippen molar-refractivity contribution in [3.8, 4) is 0 Å². The van der Waals surface area contributed by atoms with Gasteiger partial charge in [0.25, 0.3) is 0 Å². The SMILES string of the molecule is CCCC[n+]1c(/C=C2/Sc3ccccc3N2CC)ccc2ccccc21. The van der Waals surface area contributed by atoms with Crippen molar-refractivity contribution in [1.82, 2.24) is 0 Å². The molecule has 0 unspecified atom stereocenters. The van der Waals surface area contributed by atoms with Crippen molar-refractivity contribution in [1.29, 1.82) is 0 Å². The van der Waals surface area contributed by atoms with Crippen LogP contribution in [0.5, 0.6) is 0 Å². The fourth-order valence-corrected chi connectivity index (χ4v) is 4.76. The van der Waals surface area contributed by atoms with E-state index in [1.165, 1.54) is 45.1 Å². The van der Waals surface area contributed by atoms with Crippen LogP contribution in [0.25, 0.3) is 17.0 Å². The highest BCUT2D eigenvalue weighted by atomic mass is 32.2. The van der Waals surface area contributed by atoms with Gasteiger partial charge in [0.05, 0.1) is 10.7 Å². The first kappa shape index (κ1) is 17.2. The summed E-state index contributed by atoms with van der Waals surface area (Å²) in [6, 6.07) is 21.9. The number of rotatable bonds is 5. The summed E-state index contributed by atoms with van der Waals surface area (Å²) in [4.78, 5) is 3.76. The molecule has 1 aliphatic rings. The Bertz CT molecular complexity index is 961. The molecule has 0 saturated heterocycles. The maximum Gasteiger partial charge on any atom is 0.212 e. The molecule has 0 amide bonds. The Morgan fingerprint density at radius 2 is 1.77 bits per heavy atom. The molecule has 132 valence electrons. The van der Waals surface area contributed by atoms with E-state index in [4.69, 9.17) is 0 Å². The molecule has 0 saturated carbocycles. The zero-order chi connectivity index (χ0) is 17.9. The fraction of sp³-hybridized carbons (Fsp3) is 0.261.